The lowest BCUT2D eigenvalue weighted by Gasteiger charge is -2.14. The van der Waals surface area contributed by atoms with Gasteiger partial charge in [-0.3, -0.25) is 9.98 Å². The van der Waals surface area contributed by atoms with Gasteiger partial charge in [-0.25, -0.2) is 10.9 Å². The zero-order valence-electron chi connectivity index (χ0n) is 12.8. The largest absolute Gasteiger partial charge is 0.348 e. The average molecular weight is 268 g/mol. The molecular weight excluding hydrogens is 244 g/mol. The Morgan fingerprint density at radius 1 is 0.895 bits per heavy atom. The van der Waals surface area contributed by atoms with Gasteiger partial charge < -0.3 is 9.80 Å². The standard InChI is InChI=1S/C11H24N8/c1-9(15-17-11(13-3)19(6)7)8-14-16-10(12-2)18(4)5/h8H,1-7H3,(H,12,16)(H,13,17)/b14-8+,15-9-. The van der Waals surface area contributed by atoms with E-state index in [0.717, 1.165) is 0 Å². The van der Waals surface area contributed by atoms with Gasteiger partial charge in [-0.05, 0) is 6.92 Å². The van der Waals surface area contributed by atoms with Gasteiger partial charge >= 0.3 is 0 Å². The van der Waals surface area contributed by atoms with Crippen molar-refractivity contribution in [2.75, 3.05) is 42.3 Å². The van der Waals surface area contributed by atoms with E-state index < -0.39 is 0 Å². The molecule has 19 heavy (non-hydrogen) atoms. The summed E-state index contributed by atoms with van der Waals surface area (Å²) in [5.74, 6) is 1.34. The van der Waals surface area contributed by atoms with Crippen LogP contribution in [0.15, 0.2) is 20.2 Å². The minimum absolute atomic E-state index is 0.668. The van der Waals surface area contributed by atoms with Gasteiger partial charge in [0.1, 0.15) is 0 Å². The smallest absolute Gasteiger partial charge is 0.213 e. The number of rotatable bonds is 3. The third kappa shape index (κ3) is 7.02. The minimum atomic E-state index is 0.668. The summed E-state index contributed by atoms with van der Waals surface area (Å²) >= 11 is 0. The minimum Gasteiger partial charge on any atom is -0.348 e. The highest BCUT2D eigenvalue weighted by atomic mass is 15.4. The van der Waals surface area contributed by atoms with Gasteiger partial charge in [-0.1, -0.05) is 0 Å². The van der Waals surface area contributed by atoms with Crippen molar-refractivity contribution in [3.63, 3.8) is 0 Å². The van der Waals surface area contributed by atoms with Crippen molar-refractivity contribution >= 4 is 23.8 Å². The first kappa shape index (κ1) is 16.9. The number of hydrogen-bond donors (Lipinski definition) is 2. The zero-order chi connectivity index (χ0) is 14.8. The van der Waals surface area contributed by atoms with Crippen molar-refractivity contribution in [1.82, 2.24) is 20.7 Å². The van der Waals surface area contributed by atoms with Gasteiger partial charge in [0, 0.05) is 42.3 Å². The van der Waals surface area contributed by atoms with Crippen LogP contribution in [0.2, 0.25) is 0 Å². The van der Waals surface area contributed by atoms with Crippen LogP contribution in [0.3, 0.4) is 0 Å². The predicted octanol–water partition coefficient (Wildman–Crippen LogP) is -0.378. The Morgan fingerprint density at radius 2 is 1.37 bits per heavy atom. The summed E-state index contributed by atoms with van der Waals surface area (Å²) in [7, 11) is 10.9. The maximum absolute atomic E-state index is 4.14. The second-order valence-corrected chi connectivity index (χ2v) is 4.12. The molecule has 8 nitrogen and oxygen atoms in total. The number of hydrazone groups is 2. The van der Waals surface area contributed by atoms with Gasteiger partial charge in [0.2, 0.25) is 11.9 Å². The molecule has 0 amide bonds. The number of aliphatic imine (C=N–C) groups is 2. The lowest BCUT2D eigenvalue weighted by atomic mass is 10.5. The van der Waals surface area contributed by atoms with E-state index >= 15 is 0 Å². The van der Waals surface area contributed by atoms with E-state index in [9.17, 15) is 0 Å². The summed E-state index contributed by atoms with van der Waals surface area (Å²) in [6, 6.07) is 0. The third-order valence-electron chi connectivity index (χ3n) is 2.02. The Morgan fingerprint density at radius 3 is 1.79 bits per heavy atom. The first-order valence-electron chi connectivity index (χ1n) is 5.80. The fourth-order valence-electron chi connectivity index (χ4n) is 1.05. The highest BCUT2D eigenvalue weighted by Gasteiger charge is 1.98. The van der Waals surface area contributed by atoms with E-state index in [4.69, 9.17) is 0 Å². The molecule has 0 aromatic rings. The van der Waals surface area contributed by atoms with Crippen molar-refractivity contribution in [2.24, 2.45) is 20.2 Å². The van der Waals surface area contributed by atoms with Crippen LogP contribution in [-0.4, -0.2) is 75.9 Å². The molecule has 108 valence electrons. The molecule has 0 aliphatic heterocycles. The normalized spacial score (nSPS) is 13.7. The van der Waals surface area contributed by atoms with Gasteiger partial charge in [0.15, 0.2) is 0 Å². The number of nitrogens with zero attached hydrogens (tertiary/aromatic N) is 6. The van der Waals surface area contributed by atoms with Crippen LogP contribution >= 0.6 is 0 Å². The molecular formula is C11H24N8. The molecule has 0 aromatic carbocycles. The molecule has 0 fully saturated rings. The first-order valence-corrected chi connectivity index (χ1v) is 5.80. The summed E-state index contributed by atoms with van der Waals surface area (Å²) in [6.45, 7) is 1.83. The van der Waals surface area contributed by atoms with Gasteiger partial charge in [0.25, 0.3) is 0 Å². The van der Waals surface area contributed by atoms with Crippen molar-refractivity contribution in [2.45, 2.75) is 6.92 Å². The summed E-state index contributed by atoms with van der Waals surface area (Å²) in [5.41, 5.74) is 6.38. The second-order valence-electron chi connectivity index (χ2n) is 4.12. The Hall–Kier alpha value is -2.12. The Bertz CT molecular complexity index is 378. The second kappa shape index (κ2) is 8.90. The maximum atomic E-state index is 4.14. The third-order valence-corrected chi connectivity index (χ3v) is 2.02. The molecule has 2 N–H and O–H groups in total. The van der Waals surface area contributed by atoms with Crippen LogP contribution in [0.4, 0.5) is 0 Å². The van der Waals surface area contributed by atoms with Gasteiger partial charge in [0.05, 0.1) is 11.9 Å². The number of nitrogens with one attached hydrogen (secondary N) is 2. The van der Waals surface area contributed by atoms with Crippen LogP contribution in [0.5, 0.6) is 0 Å². The van der Waals surface area contributed by atoms with Crippen molar-refractivity contribution in [3.8, 4) is 0 Å². The van der Waals surface area contributed by atoms with E-state index in [1.54, 1.807) is 20.3 Å². The number of guanidine groups is 2. The lowest BCUT2D eigenvalue weighted by molar-refractivity contribution is 0.588. The molecule has 0 radical (unpaired) electrons. The van der Waals surface area contributed by atoms with E-state index in [1.807, 2.05) is 44.9 Å². The summed E-state index contributed by atoms with van der Waals surface area (Å²) < 4.78 is 0. The first-order chi connectivity index (χ1) is 8.92. The van der Waals surface area contributed by atoms with Crippen LogP contribution in [0.25, 0.3) is 0 Å². The summed E-state index contributed by atoms with van der Waals surface area (Å²) in [6.07, 6.45) is 1.60. The van der Waals surface area contributed by atoms with E-state index in [-0.39, 0.29) is 0 Å². The SMILES string of the molecule is CN=C(N/N=C(C)\C=N\NC(=NC)N(C)C)N(C)C. The molecule has 0 rings (SSSR count). The van der Waals surface area contributed by atoms with Crippen LogP contribution in [0.1, 0.15) is 6.92 Å². The fraction of sp³-hybridized carbons (Fsp3) is 0.636. The van der Waals surface area contributed by atoms with Gasteiger partial charge in [-0.2, -0.15) is 10.2 Å². The summed E-state index contributed by atoms with van der Waals surface area (Å²) in [4.78, 5) is 11.7. The molecule has 0 heterocycles. The van der Waals surface area contributed by atoms with Crippen molar-refractivity contribution in [3.05, 3.63) is 0 Å². The monoisotopic (exact) mass is 268 g/mol. The van der Waals surface area contributed by atoms with E-state index in [1.165, 1.54) is 0 Å². The molecule has 0 aliphatic rings. The molecule has 8 heteroatoms. The molecule has 0 atom stereocenters. The zero-order valence-corrected chi connectivity index (χ0v) is 12.8. The van der Waals surface area contributed by atoms with Crippen LogP contribution < -0.4 is 10.9 Å². The topological polar surface area (TPSA) is 80.0 Å². The molecule has 0 unspecified atom stereocenters. The summed E-state index contributed by atoms with van der Waals surface area (Å²) in [5, 5.41) is 8.18. The molecule has 0 spiro atoms. The quantitative estimate of drug-likeness (QED) is 0.415. The molecule has 0 saturated heterocycles. The molecule has 0 aromatic heterocycles. The molecule has 0 bridgehead atoms. The Labute approximate surface area is 115 Å². The van der Waals surface area contributed by atoms with Crippen LogP contribution in [-0.2, 0) is 0 Å². The lowest BCUT2D eigenvalue weighted by Crippen LogP contribution is -2.34. The van der Waals surface area contributed by atoms with Crippen molar-refractivity contribution < 1.29 is 0 Å². The maximum Gasteiger partial charge on any atom is 0.213 e. The molecule has 0 saturated carbocycles. The van der Waals surface area contributed by atoms with E-state index in [2.05, 4.69) is 31.0 Å². The fourth-order valence-corrected chi connectivity index (χ4v) is 1.05. The van der Waals surface area contributed by atoms with E-state index in [0.29, 0.717) is 17.6 Å². The van der Waals surface area contributed by atoms with Crippen molar-refractivity contribution in [1.29, 1.82) is 0 Å². The van der Waals surface area contributed by atoms with Gasteiger partial charge in [-0.15, -0.1) is 0 Å². The highest BCUT2D eigenvalue weighted by molar-refractivity contribution is 6.29. The predicted molar refractivity (Wildman–Crippen MR) is 82.0 cm³/mol. The Balaban J connectivity index is 4.41. The average Bonchev–Trinajstić information content (AvgIpc) is 2.34. The van der Waals surface area contributed by atoms with Crippen LogP contribution in [0, 0.1) is 0 Å². The Kier molecular flexibility index (Phi) is 7.90. The molecule has 0 aliphatic carbocycles. The number of hydrogen-bond acceptors (Lipinski definition) is 4. The highest BCUT2D eigenvalue weighted by Crippen LogP contribution is 1.80.